The van der Waals surface area contributed by atoms with Crippen LogP contribution in [0.25, 0.3) is 0 Å². The standard InChI is InChI=1S/C26H27BrN2O5/c1-14-23(26(31)29-17-8-5-6-11-20(17)32-2)24(25-18(28-14)9-7-10-19(25)30)15-12-22(34-4)16(27)13-21(15)33-3/h5-6,8,11-13,23-24H,7,9-10H2,1-4H3,(H,29,31)/t23?,24-/m0/s1. The number of Topliss-reactive ketones (excluding diaryl/α,β-unsaturated/α-hetero) is 1. The second-order valence-electron chi connectivity index (χ2n) is 8.26. The maximum absolute atomic E-state index is 13.8. The molecule has 0 bridgehead atoms. The number of para-hydroxylation sites is 2. The van der Waals surface area contributed by atoms with Crippen molar-refractivity contribution in [2.24, 2.45) is 10.9 Å². The molecule has 2 aromatic rings. The number of aliphatic imine (C=N–C) groups is 1. The van der Waals surface area contributed by atoms with Crippen molar-refractivity contribution in [3.63, 3.8) is 0 Å². The average molecular weight is 527 g/mol. The van der Waals surface area contributed by atoms with Gasteiger partial charge >= 0.3 is 0 Å². The number of carbonyl (C=O) groups is 2. The molecule has 178 valence electrons. The average Bonchev–Trinajstić information content (AvgIpc) is 2.83. The first kappa shape index (κ1) is 24.0. The van der Waals surface area contributed by atoms with E-state index in [1.807, 2.05) is 25.1 Å². The Morgan fingerprint density at radius 3 is 2.44 bits per heavy atom. The zero-order chi connectivity index (χ0) is 24.4. The van der Waals surface area contributed by atoms with Gasteiger partial charge in [0.25, 0.3) is 0 Å². The van der Waals surface area contributed by atoms with Crippen molar-refractivity contribution in [1.29, 1.82) is 0 Å². The van der Waals surface area contributed by atoms with Crippen LogP contribution in [-0.2, 0) is 9.59 Å². The van der Waals surface area contributed by atoms with Crippen molar-refractivity contribution in [3.8, 4) is 17.2 Å². The van der Waals surface area contributed by atoms with Crippen LogP contribution in [0.2, 0.25) is 0 Å². The number of nitrogens with zero attached hydrogens (tertiary/aromatic N) is 1. The lowest BCUT2D eigenvalue weighted by Gasteiger charge is -2.35. The second-order valence-corrected chi connectivity index (χ2v) is 9.12. The Balaban J connectivity index is 1.87. The number of allylic oxidation sites excluding steroid dienone is 2. The number of halogens is 1. The third-order valence-corrected chi connectivity index (χ3v) is 6.94. The number of carbonyl (C=O) groups excluding carboxylic acids is 2. The first-order valence-electron chi connectivity index (χ1n) is 11.1. The predicted molar refractivity (Wildman–Crippen MR) is 134 cm³/mol. The molecular formula is C26H27BrN2O5. The molecule has 34 heavy (non-hydrogen) atoms. The van der Waals surface area contributed by atoms with E-state index in [0.29, 0.717) is 52.6 Å². The summed E-state index contributed by atoms with van der Waals surface area (Å²) in [4.78, 5) is 31.7. The van der Waals surface area contributed by atoms with Crippen LogP contribution in [0, 0.1) is 5.92 Å². The molecule has 0 fully saturated rings. The number of anilines is 1. The molecule has 1 heterocycles. The van der Waals surface area contributed by atoms with Gasteiger partial charge in [-0.1, -0.05) is 12.1 Å². The van der Waals surface area contributed by atoms with Crippen LogP contribution in [0.4, 0.5) is 5.69 Å². The molecule has 0 spiro atoms. The van der Waals surface area contributed by atoms with Crippen LogP contribution in [0.3, 0.4) is 0 Å². The van der Waals surface area contributed by atoms with E-state index in [9.17, 15) is 9.59 Å². The number of nitrogens with one attached hydrogen (secondary N) is 1. The molecule has 2 aromatic carbocycles. The zero-order valence-corrected chi connectivity index (χ0v) is 21.2. The molecule has 1 N–H and O–H groups in total. The quantitative estimate of drug-likeness (QED) is 0.552. The van der Waals surface area contributed by atoms with Gasteiger partial charge in [0.05, 0.1) is 37.4 Å². The summed E-state index contributed by atoms with van der Waals surface area (Å²) in [5.74, 6) is 0.163. The van der Waals surface area contributed by atoms with E-state index in [1.165, 1.54) is 0 Å². The number of ketones is 1. The van der Waals surface area contributed by atoms with Crippen LogP contribution in [0.5, 0.6) is 17.2 Å². The number of hydrogen-bond acceptors (Lipinski definition) is 6. The van der Waals surface area contributed by atoms with E-state index in [-0.39, 0.29) is 11.7 Å². The summed E-state index contributed by atoms with van der Waals surface area (Å²) >= 11 is 3.50. The van der Waals surface area contributed by atoms with Gasteiger partial charge in [0.15, 0.2) is 5.78 Å². The van der Waals surface area contributed by atoms with E-state index in [4.69, 9.17) is 19.2 Å². The fourth-order valence-electron chi connectivity index (χ4n) is 4.77. The summed E-state index contributed by atoms with van der Waals surface area (Å²) in [6.07, 6.45) is 1.88. The molecule has 0 saturated heterocycles. The first-order valence-corrected chi connectivity index (χ1v) is 11.9. The highest BCUT2D eigenvalue weighted by Crippen LogP contribution is 2.48. The molecule has 0 radical (unpaired) electrons. The summed E-state index contributed by atoms with van der Waals surface area (Å²) in [6, 6.07) is 10.9. The summed E-state index contributed by atoms with van der Waals surface area (Å²) < 4.78 is 17.4. The van der Waals surface area contributed by atoms with Crippen molar-refractivity contribution in [1.82, 2.24) is 0 Å². The fourth-order valence-corrected chi connectivity index (χ4v) is 5.25. The van der Waals surface area contributed by atoms with Crippen LogP contribution < -0.4 is 19.5 Å². The van der Waals surface area contributed by atoms with Gasteiger partial charge in [0.1, 0.15) is 17.2 Å². The maximum atomic E-state index is 13.8. The maximum Gasteiger partial charge on any atom is 0.234 e. The molecule has 0 aromatic heterocycles. The molecule has 4 rings (SSSR count). The van der Waals surface area contributed by atoms with E-state index >= 15 is 0 Å². The van der Waals surface area contributed by atoms with Crippen LogP contribution in [0.1, 0.15) is 37.7 Å². The van der Waals surface area contributed by atoms with E-state index in [1.54, 1.807) is 39.5 Å². The van der Waals surface area contributed by atoms with Crippen molar-refractivity contribution >= 4 is 39.0 Å². The minimum atomic E-state index is -0.717. The lowest BCUT2D eigenvalue weighted by molar-refractivity contribution is -0.119. The summed E-state index contributed by atoms with van der Waals surface area (Å²) in [6.45, 7) is 1.84. The van der Waals surface area contributed by atoms with Gasteiger partial charge in [-0.05, 0) is 60.0 Å². The normalized spacial score (nSPS) is 19.8. The Morgan fingerprint density at radius 1 is 1.03 bits per heavy atom. The third kappa shape index (κ3) is 4.34. The minimum Gasteiger partial charge on any atom is -0.496 e. The SMILES string of the molecule is COc1cc([C@@H]2C3=C(CCCC3=O)N=C(C)C2C(=O)Nc2ccccc2OC)c(OC)cc1Br. The molecule has 0 saturated carbocycles. The smallest absolute Gasteiger partial charge is 0.234 e. The highest BCUT2D eigenvalue weighted by molar-refractivity contribution is 9.10. The molecule has 1 aliphatic carbocycles. The van der Waals surface area contributed by atoms with Crippen molar-refractivity contribution in [3.05, 3.63) is 57.7 Å². The Morgan fingerprint density at radius 2 is 1.74 bits per heavy atom. The predicted octanol–water partition coefficient (Wildman–Crippen LogP) is 5.30. The first-order chi connectivity index (χ1) is 16.4. The van der Waals surface area contributed by atoms with Gasteiger partial charge < -0.3 is 19.5 Å². The Kier molecular flexibility index (Phi) is 7.07. The van der Waals surface area contributed by atoms with Gasteiger partial charge in [-0.25, -0.2) is 0 Å². The summed E-state index contributed by atoms with van der Waals surface area (Å²) in [5.41, 5.74) is 3.25. The number of ether oxygens (including phenoxy) is 3. The second kappa shape index (κ2) is 10.0. The molecule has 7 nitrogen and oxygen atoms in total. The summed E-state index contributed by atoms with van der Waals surface area (Å²) in [5, 5.41) is 2.99. The van der Waals surface area contributed by atoms with Gasteiger partial charge in [0, 0.05) is 34.9 Å². The number of benzene rings is 2. The number of rotatable bonds is 6. The number of amides is 1. The topological polar surface area (TPSA) is 86.2 Å². The zero-order valence-electron chi connectivity index (χ0n) is 19.6. The fraction of sp³-hybridized carbons (Fsp3) is 0.346. The van der Waals surface area contributed by atoms with Crippen molar-refractivity contribution < 1.29 is 23.8 Å². The molecule has 1 amide bonds. The lowest BCUT2D eigenvalue weighted by atomic mass is 9.71. The highest BCUT2D eigenvalue weighted by Gasteiger charge is 2.44. The van der Waals surface area contributed by atoms with Gasteiger partial charge in [0.2, 0.25) is 5.91 Å². The Hall–Kier alpha value is -3.13. The van der Waals surface area contributed by atoms with Crippen molar-refractivity contribution in [2.45, 2.75) is 32.1 Å². The molecule has 2 atom stereocenters. The molecule has 2 aliphatic rings. The minimum absolute atomic E-state index is 0.0153. The number of methoxy groups -OCH3 is 3. The Labute approximate surface area is 207 Å². The highest BCUT2D eigenvalue weighted by atomic mass is 79.9. The number of hydrogen-bond donors (Lipinski definition) is 1. The van der Waals surface area contributed by atoms with Gasteiger partial charge in [-0.2, -0.15) is 0 Å². The van der Waals surface area contributed by atoms with Crippen LogP contribution >= 0.6 is 15.9 Å². The van der Waals surface area contributed by atoms with Gasteiger partial charge in [-0.15, -0.1) is 0 Å². The third-order valence-electron chi connectivity index (χ3n) is 6.32. The molecule has 8 heteroatoms. The largest absolute Gasteiger partial charge is 0.496 e. The van der Waals surface area contributed by atoms with E-state index in [0.717, 1.165) is 16.6 Å². The monoisotopic (exact) mass is 526 g/mol. The van der Waals surface area contributed by atoms with Crippen LogP contribution in [-0.4, -0.2) is 38.7 Å². The lowest BCUT2D eigenvalue weighted by Crippen LogP contribution is -2.39. The van der Waals surface area contributed by atoms with E-state index in [2.05, 4.69) is 21.2 Å². The molecular weight excluding hydrogens is 500 g/mol. The van der Waals surface area contributed by atoms with Crippen molar-refractivity contribution in [2.75, 3.05) is 26.6 Å². The van der Waals surface area contributed by atoms with E-state index < -0.39 is 11.8 Å². The molecule has 1 aliphatic heterocycles. The molecule has 1 unspecified atom stereocenters. The summed E-state index contributed by atoms with van der Waals surface area (Å²) in [7, 11) is 4.70. The van der Waals surface area contributed by atoms with Crippen LogP contribution in [0.15, 0.2) is 57.1 Å². The van der Waals surface area contributed by atoms with Gasteiger partial charge in [-0.3, -0.25) is 14.6 Å². The Bertz CT molecular complexity index is 1200.